The lowest BCUT2D eigenvalue weighted by atomic mass is 9.82. The lowest BCUT2D eigenvalue weighted by Gasteiger charge is -2.37. The summed E-state index contributed by atoms with van der Waals surface area (Å²) >= 11 is 0. The molecule has 1 fully saturated rings. The average molecular weight is 263 g/mol. The maximum absolute atomic E-state index is 12.0. The molecule has 0 bridgehead atoms. The van der Waals surface area contributed by atoms with Gasteiger partial charge >= 0.3 is 6.09 Å². The fourth-order valence-electron chi connectivity index (χ4n) is 2.42. The monoisotopic (exact) mass is 263 g/mol. The van der Waals surface area contributed by atoms with E-state index in [-0.39, 0.29) is 6.09 Å². The molecule has 0 saturated carbocycles. The Balaban J connectivity index is 2.57. The summed E-state index contributed by atoms with van der Waals surface area (Å²) in [6.45, 7) is 11.0. The van der Waals surface area contributed by atoms with Crippen molar-refractivity contribution < 1.29 is 9.53 Å². The number of likely N-dealkylation sites (tertiary alicyclic amines) is 1. The Morgan fingerprint density at radius 1 is 1.58 bits per heavy atom. The van der Waals surface area contributed by atoms with Gasteiger partial charge in [0.1, 0.15) is 5.60 Å². The van der Waals surface area contributed by atoms with Crippen LogP contribution in [0.25, 0.3) is 0 Å². The number of hydrogen-bond donors (Lipinski definition) is 0. The highest BCUT2D eigenvalue weighted by Gasteiger charge is 2.31. The van der Waals surface area contributed by atoms with Gasteiger partial charge in [-0.15, -0.1) is 18.9 Å². The predicted octanol–water partition coefficient (Wildman–Crippen LogP) is 3.46. The zero-order valence-corrected chi connectivity index (χ0v) is 12.3. The Hall–Kier alpha value is -1.43. The normalized spacial score (nSPS) is 23.6. The van der Waals surface area contributed by atoms with Crippen molar-refractivity contribution in [2.45, 2.75) is 45.6 Å². The Bertz CT molecular complexity index is 362. The summed E-state index contributed by atoms with van der Waals surface area (Å²) in [6, 6.07) is 0. The standard InChI is InChI=1S/C16H25NO2/c1-6-8-9-14-10-11-17(12-13(14)7-2)15(18)19-16(3,4)5/h1,7,13-14H,2,8-12H2,3-5H3/t13-,14+/m0/s1. The van der Waals surface area contributed by atoms with Crippen LogP contribution in [0.5, 0.6) is 0 Å². The third kappa shape index (κ3) is 4.98. The second-order valence-corrected chi connectivity index (χ2v) is 6.12. The van der Waals surface area contributed by atoms with Gasteiger partial charge in [-0.1, -0.05) is 6.08 Å². The van der Waals surface area contributed by atoms with Gasteiger partial charge in [0.2, 0.25) is 0 Å². The molecular weight excluding hydrogens is 238 g/mol. The molecule has 0 N–H and O–H groups in total. The van der Waals surface area contributed by atoms with Gasteiger partial charge in [0.25, 0.3) is 0 Å². The zero-order chi connectivity index (χ0) is 14.5. The molecule has 1 aliphatic rings. The third-order valence-corrected chi connectivity index (χ3v) is 3.42. The van der Waals surface area contributed by atoms with Crippen LogP contribution in [0.4, 0.5) is 4.79 Å². The van der Waals surface area contributed by atoms with Gasteiger partial charge in [0.05, 0.1) is 0 Å². The van der Waals surface area contributed by atoms with E-state index in [1.165, 1.54) is 0 Å². The Kier molecular flexibility index (Phi) is 5.47. The number of ether oxygens (including phenoxy) is 1. The topological polar surface area (TPSA) is 29.5 Å². The van der Waals surface area contributed by atoms with Gasteiger partial charge < -0.3 is 9.64 Å². The summed E-state index contributed by atoms with van der Waals surface area (Å²) in [5.74, 6) is 3.53. The van der Waals surface area contributed by atoms with Crippen LogP contribution < -0.4 is 0 Å². The van der Waals surface area contributed by atoms with Crippen molar-refractivity contribution >= 4 is 6.09 Å². The van der Waals surface area contributed by atoms with E-state index in [2.05, 4.69) is 12.5 Å². The number of carbonyl (C=O) groups is 1. The third-order valence-electron chi connectivity index (χ3n) is 3.42. The first-order chi connectivity index (χ1) is 8.87. The molecule has 0 radical (unpaired) electrons. The summed E-state index contributed by atoms with van der Waals surface area (Å²) in [5.41, 5.74) is -0.443. The number of hydrogen-bond acceptors (Lipinski definition) is 2. The SMILES string of the molecule is C#CCC[C@@H]1CCN(C(=O)OC(C)(C)C)C[C@@H]1C=C. The van der Waals surface area contributed by atoms with Crippen LogP contribution in [0, 0.1) is 24.2 Å². The summed E-state index contributed by atoms with van der Waals surface area (Å²) < 4.78 is 5.41. The van der Waals surface area contributed by atoms with Gasteiger partial charge in [0.15, 0.2) is 0 Å². The van der Waals surface area contributed by atoms with Crippen LogP contribution in [-0.4, -0.2) is 29.7 Å². The van der Waals surface area contributed by atoms with Crippen molar-refractivity contribution in [1.82, 2.24) is 4.90 Å². The number of terminal acetylenes is 1. The second kappa shape index (κ2) is 6.65. The maximum Gasteiger partial charge on any atom is 0.410 e. The van der Waals surface area contributed by atoms with Crippen LogP contribution in [0.15, 0.2) is 12.7 Å². The Morgan fingerprint density at radius 2 is 2.26 bits per heavy atom. The highest BCUT2D eigenvalue weighted by atomic mass is 16.6. The fraction of sp³-hybridized carbons (Fsp3) is 0.688. The highest BCUT2D eigenvalue weighted by Crippen LogP contribution is 2.29. The van der Waals surface area contributed by atoms with Crippen molar-refractivity contribution in [2.75, 3.05) is 13.1 Å². The van der Waals surface area contributed by atoms with Crippen molar-refractivity contribution in [3.8, 4) is 12.3 Å². The molecule has 0 spiro atoms. The maximum atomic E-state index is 12.0. The lowest BCUT2D eigenvalue weighted by Crippen LogP contribution is -2.45. The number of rotatable bonds is 3. The molecule has 0 aromatic carbocycles. The fourth-order valence-corrected chi connectivity index (χ4v) is 2.42. The van der Waals surface area contributed by atoms with E-state index < -0.39 is 5.60 Å². The number of carbonyl (C=O) groups excluding carboxylic acids is 1. The first-order valence-corrected chi connectivity index (χ1v) is 6.91. The van der Waals surface area contributed by atoms with Crippen molar-refractivity contribution in [3.63, 3.8) is 0 Å². The smallest absolute Gasteiger partial charge is 0.410 e. The van der Waals surface area contributed by atoms with Crippen molar-refractivity contribution in [3.05, 3.63) is 12.7 Å². The van der Waals surface area contributed by atoms with Gasteiger partial charge in [-0.05, 0) is 45.4 Å². The molecule has 1 heterocycles. The second-order valence-electron chi connectivity index (χ2n) is 6.12. The molecule has 106 valence electrons. The molecule has 1 aliphatic heterocycles. The number of amides is 1. The number of piperidine rings is 1. The summed E-state index contributed by atoms with van der Waals surface area (Å²) in [5, 5.41) is 0. The molecular formula is C16H25NO2. The molecule has 3 nitrogen and oxygen atoms in total. The molecule has 3 heteroatoms. The van der Waals surface area contributed by atoms with Crippen LogP contribution >= 0.6 is 0 Å². The summed E-state index contributed by atoms with van der Waals surface area (Å²) in [7, 11) is 0. The highest BCUT2D eigenvalue weighted by molar-refractivity contribution is 5.68. The summed E-state index contributed by atoms with van der Waals surface area (Å²) in [6.07, 6.45) is 9.80. The molecule has 0 aromatic rings. The Morgan fingerprint density at radius 3 is 2.79 bits per heavy atom. The van der Waals surface area contributed by atoms with E-state index in [1.54, 1.807) is 4.90 Å². The number of nitrogens with zero attached hydrogens (tertiary/aromatic N) is 1. The van der Waals surface area contributed by atoms with Crippen LogP contribution in [0.3, 0.4) is 0 Å². The van der Waals surface area contributed by atoms with Crippen LogP contribution in [0.1, 0.15) is 40.0 Å². The van der Waals surface area contributed by atoms with Crippen molar-refractivity contribution in [2.24, 2.45) is 11.8 Å². The van der Waals surface area contributed by atoms with Gasteiger partial charge in [-0.3, -0.25) is 0 Å². The van der Waals surface area contributed by atoms with E-state index >= 15 is 0 Å². The van der Waals surface area contributed by atoms with E-state index in [1.807, 2.05) is 26.8 Å². The van der Waals surface area contributed by atoms with E-state index in [0.717, 1.165) is 25.8 Å². The molecule has 2 atom stereocenters. The van der Waals surface area contributed by atoms with Crippen molar-refractivity contribution in [1.29, 1.82) is 0 Å². The van der Waals surface area contributed by atoms with E-state index in [0.29, 0.717) is 18.4 Å². The van der Waals surface area contributed by atoms with E-state index in [4.69, 9.17) is 11.2 Å². The minimum absolute atomic E-state index is 0.227. The zero-order valence-electron chi connectivity index (χ0n) is 12.3. The van der Waals surface area contributed by atoms with Gasteiger partial charge in [0, 0.05) is 19.5 Å². The average Bonchev–Trinajstić information content (AvgIpc) is 2.34. The predicted molar refractivity (Wildman–Crippen MR) is 77.7 cm³/mol. The molecule has 0 aromatic heterocycles. The molecule has 19 heavy (non-hydrogen) atoms. The van der Waals surface area contributed by atoms with Crippen LogP contribution in [0.2, 0.25) is 0 Å². The minimum atomic E-state index is -0.443. The minimum Gasteiger partial charge on any atom is -0.444 e. The first kappa shape index (κ1) is 15.6. The molecule has 1 amide bonds. The molecule has 1 rings (SSSR count). The summed E-state index contributed by atoms with van der Waals surface area (Å²) in [4.78, 5) is 13.8. The molecule has 1 saturated heterocycles. The molecule has 0 aliphatic carbocycles. The molecule has 0 unspecified atom stereocenters. The van der Waals surface area contributed by atoms with Gasteiger partial charge in [-0.2, -0.15) is 0 Å². The van der Waals surface area contributed by atoms with Gasteiger partial charge in [-0.25, -0.2) is 4.79 Å². The quantitative estimate of drug-likeness (QED) is 0.576. The largest absolute Gasteiger partial charge is 0.444 e. The van der Waals surface area contributed by atoms with E-state index in [9.17, 15) is 4.79 Å². The Labute approximate surface area is 117 Å². The first-order valence-electron chi connectivity index (χ1n) is 6.91. The van der Waals surface area contributed by atoms with Crippen LogP contribution in [-0.2, 0) is 4.74 Å². The lowest BCUT2D eigenvalue weighted by molar-refractivity contribution is 0.0134.